The molecule has 0 aliphatic heterocycles. The number of aryl methyl sites for hydroxylation is 1. The molecule has 0 saturated heterocycles. The summed E-state index contributed by atoms with van der Waals surface area (Å²) >= 11 is 11.8. The summed E-state index contributed by atoms with van der Waals surface area (Å²) in [5.74, 6) is -0.259. The van der Waals surface area contributed by atoms with Gasteiger partial charge in [0.1, 0.15) is 5.75 Å². The highest BCUT2D eigenvalue weighted by atomic mass is 35.5. The Hall–Kier alpha value is -1.71. The van der Waals surface area contributed by atoms with Crippen molar-refractivity contribution in [2.45, 2.75) is 6.92 Å². The normalized spacial score (nSPS) is 10.3. The molecule has 2 rings (SSSR count). The summed E-state index contributed by atoms with van der Waals surface area (Å²) in [7, 11) is 0. The Morgan fingerprint density at radius 2 is 1.89 bits per heavy atom. The molecule has 0 radical (unpaired) electrons. The third-order valence-electron chi connectivity index (χ3n) is 2.64. The summed E-state index contributed by atoms with van der Waals surface area (Å²) < 4.78 is 0. The zero-order chi connectivity index (χ0) is 14.0. The van der Waals surface area contributed by atoms with Gasteiger partial charge < -0.3 is 10.4 Å². The molecule has 3 nitrogen and oxygen atoms in total. The summed E-state index contributed by atoms with van der Waals surface area (Å²) in [5.41, 5.74) is 1.51. The summed E-state index contributed by atoms with van der Waals surface area (Å²) in [6, 6.07) is 9.55. The second-order valence-electron chi connectivity index (χ2n) is 4.08. The van der Waals surface area contributed by atoms with Crippen molar-refractivity contribution in [3.63, 3.8) is 0 Å². The van der Waals surface area contributed by atoms with Crippen LogP contribution in [-0.2, 0) is 0 Å². The molecule has 0 unspecified atom stereocenters. The number of phenols is 1. The van der Waals surface area contributed by atoms with Gasteiger partial charge in [-0.15, -0.1) is 0 Å². The van der Waals surface area contributed by atoms with Crippen molar-refractivity contribution in [3.05, 3.63) is 57.6 Å². The first-order valence-electron chi connectivity index (χ1n) is 5.53. The molecule has 0 aromatic heterocycles. The van der Waals surface area contributed by atoms with Crippen molar-refractivity contribution in [2.75, 3.05) is 5.32 Å². The van der Waals surface area contributed by atoms with Crippen molar-refractivity contribution in [3.8, 4) is 5.75 Å². The van der Waals surface area contributed by atoms with Crippen molar-refractivity contribution in [2.24, 2.45) is 0 Å². The van der Waals surface area contributed by atoms with Crippen LogP contribution in [0.2, 0.25) is 10.0 Å². The number of halogens is 2. The van der Waals surface area contributed by atoms with E-state index < -0.39 is 0 Å². The number of benzene rings is 2. The van der Waals surface area contributed by atoms with Crippen LogP contribution in [0.3, 0.4) is 0 Å². The highest BCUT2D eigenvalue weighted by Crippen LogP contribution is 2.24. The fourth-order valence-electron chi connectivity index (χ4n) is 1.56. The van der Waals surface area contributed by atoms with E-state index >= 15 is 0 Å². The lowest BCUT2D eigenvalue weighted by atomic mass is 10.2. The Kier molecular flexibility index (Phi) is 3.98. The number of rotatable bonds is 2. The van der Waals surface area contributed by atoms with Crippen LogP contribution >= 0.6 is 23.2 Å². The molecular formula is C14H11Cl2NO2. The smallest absolute Gasteiger partial charge is 0.257 e. The number of amides is 1. The number of phenolic OH excluding ortho intramolecular Hbond substituents is 1. The lowest BCUT2D eigenvalue weighted by Gasteiger charge is -2.08. The van der Waals surface area contributed by atoms with Crippen LogP contribution in [0.4, 0.5) is 5.69 Å². The Morgan fingerprint density at radius 1 is 1.16 bits per heavy atom. The molecule has 0 spiro atoms. The maximum Gasteiger partial charge on any atom is 0.257 e. The largest absolute Gasteiger partial charge is 0.508 e. The van der Waals surface area contributed by atoms with Gasteiger partial charge >= 0.3 is 0 Å². The highest BCUT2D eigenvalue weighted by molar-refractivity contribution is 6.36. The summed E-state index contributed by atoms with van der Waals surface area (Å²) in [5, 5.41) is 13.0. The zero-order valence-corrected chi connectivity index (χ0v) is 11.6. The minimum absolute atomic E-state index is 0.120. The second-order valence-corrected chi connectivity index (χ2v) is 4.92. The molecule has 0 aliphatic carbocycles. The summed E-state index contributed by atoms with van der Waals surface area (Å²) in [6.45, 7) is 1.77. The first-order valence-corrected chi connectivity index (χ1v) is 6.29. The van der Waals surface area contributed by atoms with E-state index in [4.69, 9.17) is 23.2 Å². The maximum atomic E-state index is 12.0. The van der Waals surface area contributed by atoms with E-state index in [0.29, 0.717) is 15.7 Å². The minimum Gasteiger partial charge on any atom is -0.508 e. The fraction of sp³-hybridized carbons (Fsp3) is 0.0714. The van der Waals surface area contributed by atoms with Gasteiger partial charge in [0.05, 0.1) is 10.6 Å². The Bertz CT molecular complexity index is 641. The molecule has 0 bridgehead atoms. The maximum absolute atomic E-state index is 12.0. The van der Waals surface area contributed by atoms with Crippen LogP contribution < -0.4 is 5.32 Å². The van der Waals surface area contributed by atoms with Crippen molar-refractivity contribution in [1.29, 1.82) is 0 Å². The topological polar surface area (TPSA) is 49.3 Å². The van der Waals surface area contributed by atoms with E-state index in [2.05, 4.69) is 5.32 Å². The number of nitrogens with one attached hydrogen (secondary N) is 1. The fourth-order valence-corrected chi connectivity index (χ4v) is 1.93. The average Bonchev–Trinajstić information content (AvgIpc) is 2.36. The van der Waals surface area contributed by atoms with Crippen LogP contribution in [-0.4, -0.2) is 11.0 Å². The lowest BCUT2D eigenvalue weighted by molar-refractivity contribution is 0.102. The summed E-state index contributed by atoms with van der Waals surface area (Å²) in [4.78, 5) is 12.0. The first-order chi connectivity index (χ1) is 8.97. The molecule has 0 heterocycles. The number of anilines is 1. The Balaban J connectivity index is 2.25. The molecule has 2 N–H and O–H groups in total. The molecule has 0 fully saturated rings. The van der Waals surface area contributed by atoms with E-state index in [0.717, 1.165) is 5.56 Å². The van der Waals surface area contributed by atoms with Gasteiger partial charge in [0.25, 0.3) is 5.91 Å². The van der Waals surface area contributed by atoms with E-state index in [1.54, 1.807) is 31.2 Å². The first kappa shape index (κ1) is 13.7. The number of hydrogen-bond acceptors (Lipinski definition) is 2. The third-order valence-corrected chi connectivity index (χ3v) is 3.20. The molecule has 2 aromatic carbocycles. The van der Waals surface area contributed by atoms with Gasteiger partial charge in [-0.1, -0.05) is 29.3 Å². The molecule has 98 valence electrons. The van der Waals surface area contributed by atoms with Crippen LogP contribution in [0, 0.1) is 6.92 Å². The summed E-state index contributed by atoms with van der Waals surface area (Å²) in [6.07, 6.45) is 0. The number of aromatic hydroxyl groups is 1. The monoisotopic (exact) mass is 295 g/mol. The van der Waals surface area contributed by atoms with Crippen LogP contribution in [0.5, 0.6) is 5.75 Å². The number of hydrogen-bond donors (Lipinski definition) is 2. The van der Waals surface area contributed by atoms with E-state index in [1.807, 2.05) is 0 Å². The van der Waals surface area contributed by atoms with E-state index in [-0.39, 0.29) is 17.2 Å². The predicted octanol–water partition coefficient (Wildman–Crippen LogP) is 4.26. The van der Waals surface area contributed by atoms with E-state index in [1.165, 1.54) is 12.1 Å². The van der Waals surface area contributed by atoms with Gasteiger partial charge in [0, 0.05) is 16.8 Å². The van der Waals surface area contributed by atoms with Gasteiger partial charge in [0.2, 0.25) is 0 Å². The molecule has 0 aliphatic rings. The predicted molar refractivity (Wildman–Crippen MR) is 77.3 cm³/mol. The minimum atomic E-state index is -0.379. The van der Waals surface area contributed by atoms with E-state index in [9.17, 15) is 9.90 Å². The van der Waals surface area contributed by atoms with Gasteiger partial charge in [-0.05, 0) is 36.8 Å². The quantitative estimate of drug-likeness (QED) is 0.870. The molecule has 19 heavy (non-hydrogen) atoms. The third kappa shape index (κ3) is 3.19. The molecule has 0 atom stereocenters. The second kappa shape index (κ2) is 5.51. The number of carbonyl (C=O) groups excluding carboxylic acids is 1. The molecule has 0 saturated carbocycles. The van der Waals surface area contributed by atoms with Crippen LogP contribution in [0.1, 0.15) is 15.9 Å². The Labute approximate surface area is 120 Å². The van der Waals surface area contributed by atoms with Crippen molar-refractivity contribution < 1.29 is 9.90 Å². The number of carbonyl (C=O) groups is 1. The molecular weight excluding hydrogens is 285 g/mol. The van der Waals surface area contributed by atoms with Gasteiger partial charge in [-0.25, -0.2) is 0 Å². The Morgan fingerprint density at radius 3 is 2.58 bits per heavy atom. The average molecular weight is 296 g/mol. The van der Waals surface area contributed by atoms with Crippen molar-refractivity contribution >= 4 is 34.8 Å². The van der Waals surface area contributed by atoms with Gasteiger partial charge in [-0.2, -0.15) is 0 Å². The van der Waals surface area contributed by atoms with Gasteiger partial charge in [0.15, 0.2) is 0 Å². The van der Waals surface area contributed by atoms with Crippen LogP contribution in [0.25, 0.3) is 0 Å². The highest BCUT2D eigenvalue weighted by Gasteiger charge is 2.11. The lowest BCUT2D eigenvalue weighted by Crippen LogP contribution is -2.12. The van der Waals surface area contributed by atoms with Crippen LogP contribution in [0.15, 0.2) is 36.4 Å². The zero-order valence-electron chi connectivity index (χ0n) is 10.1. The van der Waals surface area contributed by atoms with Gasteiger partial charge in [-0.3, -0.25) is 4.79 Å². The molecule has 2 aromatic rings. The molecule has 1 amide bonds. The standard InChI is InChI=1S/C14H11Cl2NO2/c1-8-2-4-10(7-13(8)18)17-14(19)11-6-9(15)3-5-12(11)16/h2-7,18H,1H3,(H,17,19). The SMILES string of the molecule is Cc1ccc(NC(=O)c2cc(Cl)ccc2Cl)cc1O. The van der Waals surface area contributed by atoms with Crippen molar-refractivity contribution in [1.82, 2.24) is 0 Å². The molecule has 5 heteroatoms.